The first-order chi connectivity index (χ1) is 7.49. The van der Waals surface area contributed by atoms with Gasteiger partial charge in [-0.05, 0) is 12.8 Å². The van der Waals surface area contributed by atoms with Crippen molar-refractivity contribution in [1.29, 1.82) is 0 Å². The van der Waals surface area contributed by atoms with E-state index in [1.165, 1.54) is 0 Å². The fraction of sp³-hybridized carbons (Fsp3) is 0.700. The van der Waals surface area contributed by atoms with E-state index >= 15 is 0 Å². The maximum atomic E-state index is 11.1. The minimum atomic E-state index is -0.488. The molecule has 6 heteroatoms. The summed E-state index contributed by atoms with van der Waals surface area (Å²) in [7, 11) is 0. The van der Waals surface area contributed by atoms with Crippen LogP contribution in [0.4, 0.5) is 0 Å². The molecular weight excluding hydrogens is 210 g/mol. The van der Waals surface area contributed by atoms with Gasteiger partial charge in [-0.3, -0.25) is 19.3 Å². The summed E-state index contributed by atoms with van der Waals surface area (Å²) in [6.45, 7) is 0.0313. The van der Waals surface area contributed by atoms with Crippen LogP contribution in [0.25, 0.3) is 0 Å². The van der Waals surface area contributed by atoms with Crippen molar-refractivity contribution in [3.05, 3.63) is 0 Å². The lowest BCUT2D eigenvalue weighted by Crippen LogP contribution is -2.46. The third-order valence-electron chi connectivity index (χ3n) is 2.75. The van der Waals surface area contributed by atoms with Gasteiger partial charge in [0.2, 0.25) is 11.8 Å². The van der Waals surface area contributed by atoms with Gasteiger partial charge in [-0.2, -0.15) is 0 Å². The van der Waals surface area contributed by atoms with Gasteiger partial charge in [-0.15, -0.1) is 0 Å². The summed E-state index contributed by atoms with van der Waals surface area (Å²) >= 11 is 0. The zero-order valence-electron chi connectivity index (χ0n) is 9.15. The highest BCUT2D eigenvalue weighted by molar-refractivity contribution is 5.80. The van der Waals surface area contributed by atoms with Crippen LogP contribution in [0.3, 0.4) is 0 Å². The zero-order valence-corrected chi connectivity index (χ0v) is 9.15. The number of carbonyl (C=O) groups is 3. The Balaban J connectivity index is 2.57. The minimum Gasteiger partial charge on any atom is -0.369 e. The van der Waals surface area contributed by atoms with Crippen LogP contribution in [0.15, 0.2) is 0 Å². The smallest absolute Gasteiger partial charge is 0.231 e. The minimum absolute atomic E-state index is 0.0157. The molecule has 0 bridgehead atoms. The molecule has 2 amide bonds. The zero-order chi connectivity index (χ0) is 12.1. The van der Waals surface area contributed by atoms with Gasteiger partial charge in [0.25, 0.3) is 0 Å². The van der Waals surface area contributed by atoms with Gasteiger partial charge in [0.05, 0.1) is 13.1 Å². The van der Waals surface area contributed by atoms with Gasteiger partial charge >= 0.3 is 0 Å². The SMILES string of the molecule is NC(=O)CN(CC(N)=O)C1CCC(=O)CC1. The van der Waals surface area contributed by atoms with E-state index in [4.69, 9.17) is 11.5 Å². The van der Waals surface area contributed by atoms with Crippen LogP contribution in [0, 0.1) is 0 Å². The molecule has 1 aliphatic rings. The van der Waals surface area contributed by atoms with Gasteiger partial charge in [0.15, 0.2) is 0 Å². The molecule has 0 saturated heterocycles. The molecule has 4 N–H and O–H groups in total. The number of hydrogen-bond acceptors (Lipinski definition) is 4. The Bertz CT molecular complexity index is 278. The number of hydrogen-bond donors (Lipinski definition) is 2. The third-order valence-corrected chi connectivity index (χ3v) is 2.75. The second-order valence-corrected chi connectivity index (χ2v) is 4.11. The lowest BCUT2D eigenvalue weighted by molar-refractivity contribution is -0.124. The van der Waals surface area contributed by atoms with E-state index in [1.807, 2.05) is 0 Å². The van der Waals surface area contributed by atoms with E-state index in [0.717, 1.165) is 0 Å². The van der Waals surface area contributed by atoms with Gasteiger partial charge in [0.1, 0.15) is 5.78 Å². The van der Waals surface area contributed by atoms with Crippen LogP contribution in [0.1, 0.15) is 25.7 Å². The normalized spacial score (nSPS) is 17.7. The molecule has 0 atom stereocenters. The van der Waals surface area contributed by atoms with Crippen LogP contribution in [-0.2, 0) is 14.4 Å². The number of carbonyl (C=O) groups excluding carboxylic acids is 3. The summed E-state index contributed by atoms with van der Waals surface area (Å²) in [4.78, 5) is 34.5. The van der Waals surface area contributed by atoms with Crippen molar-refractivity contribution in [2.24, 2.45) is 11.5 Å². The number of nitrogens with two attached hydrogens (primary N) is 2. The molecule has 90 valence electrons. The second kappa shape index (κ2) is 5.60. The summed E-state index contributed by atoms with van der Waals surface area (Å²) in [6, 6.07) is 0.0534. The maximum Gasteiger partial charge on any atom is 0.231 e. The number of rotatable bonds is 5. The number of primary amides is 2. The molecule has 0 spiro atoms. The fourth-order valence-electron chi connectivity index (χ4n) is 2.00. The number of Topliss-reactive ketones (excluding diaryl/α,β-unsaturated/α-hetero) is 1. The molecule has 16 heavy (non-hydrogen) atoms. The lowest BCUT2D eigenvalue weighted by Gasteiger charge is -2.31. The van der Waals surface area contributed by atoms with E-state index in [1.54, 1.807) is 4.90 Å². The van der Waals surface area contributed by atoms with Crippen molar-refractivity contribution in [3.63, 3.8) is 0 Å². The first kappa shape index (κ1) is 12.6. The predicted molar refractivity (Wildman–Crippen MR) is 57.2 cm³/mol. The Hall–Kier alpha value is -1.43. The third kappa shape index (κ3) is 3.98. The van der Waals surface area contributed by atoms with Crippen LogP contribution in [-0.4, -0.2) is 41.6 Å². The summed E-state index contributed by atoms with van der Waals surface area (Å²) < 4.78 is 0. The van der Waals surface area contributed by atoms with Crippen LogP contribution in [0.2, 0.25) is 0 Å². The van der Waals surface area contributed by atoms with Crippen LogP contribution < -0.4 is 11.5 Å². The Labute approximate surface area is 93.9 Å². The molecule has 0 unspecified atom stereocenters. The van der Waals surface area contributed by atoms with Gasteiger partial charge in [-0.25, -0.2) is 0 Å². The Morgan fingerprint density at radius 2 is 1.56 bits per heavy atom. The summed E-state index contributed by atoms with van der Waals surface area (Å²) in [5, 5.41) is 0. The Morgan fingerprint density at radius 1 is 1.12 bits per heavy atom. The standard InChI is InChI=1S/C10H17N3O3/c11-9(15)5-13(6-10(12)16)7-1-3-8(14)4-2-7/h7H,1-6H2,(H2,11,15)(H2,12,16). The number of nitrogens with zero attached hydrogens (tertiary/aromatic N) is 1. The molecule has 0 radical (unpaired) electrons. The maximum absolute atomic E-state index is 11.1. The first-order valence-electron chi connectivity index (χ1n) is 5.31. The highest BCUT2D eigenvalue weighted by Gasteiger charge is 2.26. The molecule has 6 nitrogen and oxygen atoms in total. The average Bonchev–Trinajstić information content (AvgIpc) is 2.16. The van der Waals surface area contributed by atoms with Crippen molar-refractivity contribution in [1.82, 2.24) is 4.90 Å². The van der Waals surface area contributed by atoms with Crippen LogP contribution in [0.5, 0.6) is 0 Å². The molecule has 1 fully saturated rings. The predicted octanol–water partition coefficient (Wildman–Crippen LogP) is -1.23. The topological polar surface area (TPSA) is 106 Å². The highest BCUT2D eigenvalue weighted by Crippen LogP contribution is 2.19. The van der Waals surface area contributed by atoms with Gasteiger partial charge in [0, 0.05) is 18.9 Å². The van der Waals surface area contributed by atoms with Crippen molar-refractivity contribution in [2.75, 3.05) is 13.1 Å². The Morgan fingerprint density at radius 3 is 1.94 bits per heavy atom. The largest absolute Gasteiger partial charge is 0.369 e. The van der Waals surface area contributed by atoms with Gasteiger partial charge < -0.3 is 11.5 Å². The molecular formula is C10H17N3O3. The molecule has 1 saturated carbocycles. The molecule has 0 aliphatic heterocycles. The summed E-state index contributed by atoms with van der Waals surface area (Å²) in [5.41, 5.74) is 10.2. The van der Waals surface area contributed by atoms with Gasteiger partial charge in [-0.1, -0.05) is 0 Å². The van der Waals surface area contributed by atoms with Crippen molar-refractivity contribution in [3.8, 4) is 0 Å². The molecule has 0 heterocycles. The van der Waals surface area contributed by atoms with Crippen molar-refractivity contribution >= 4 is 17.6 Å². The Kier molecular flexibility index (Phi) is 4.42. The summed E-state index contributed by atoms with van der Waals surface area (Å²) in [6.07, 6.45) is 2.33. The van der Waals surface area contributed by atoms with Crippen molar-refractivity contribution in [2.45, 2.75) is 31.7 Å². The lowest BCUT2D eigenvalue weighted by atomic mass is 9.93. The molecule has 0 aromatic rings. The fourth-order valence-corrected chi connectivity index (χ4v) is 2.00. The summed E-state index contributed by atoms with van der Waals surface area (Å²) in [5.74, 6) is -0.745. The second-order valence-electron chi connectivity index (χ2n) is 4.11. The van der Waals surface area contributed by atoms with E-state index in [9.17, 15) is 14.4 Å². The van der Waals surface area contributed by atoms with E-state index in [-0.39, 0.29) is 24.9 Å². The van der Waals surface area contributed by atoms with E-state index < -0.39 is 11.8 Å². The highest BCUT2D eigenvalue weighted by atomic mass is 16.2. The number of ketones is 1. The van der Waals surface area contributed by atoms with Crippen molar-refractivity contribution < 1.29 is 14.4 Å². The average molecular weight is 227 g/mol. The van der Waals surface area contributed by atoms with E-state index in [2.05, 4.69) is 0 Å². The quantitative estimate of drug-likeness (QED) is 0.613. The monoisotopic (exact) mass is 227 g/mol. The molecule has 0 aromatic carbocycles. The molecule has 1 rings (SSSR count). The van der Waals surface area contributed by atoms with E-state index in [0.29, 0.717) is 25.7 Å². The first-order valence-corrected chi connectivity index (χ1v) is 5.31. The molecule has 1 aliphatic carbocycles. The number of amides is 2. The molecule has 0 aromatic heterocycles. The van der Waals surface area contributed by atoms with Crippen LogP contribution >= 0.6 is 0 Å².